The molecule has 0 unspecified atom stereocenters. The van der Waals surface area contributed by atoms with E-state index in [1.807, 2.05) is 0 Å². The van der Waals surface area contributed by atoms with Crippen molar-refractivity contribution in [1.29, 1.82) is 0 Å². The van der Waals surface area contributed by atoms with Crippen LogP contribution < -0.4 is 10.6 Å². The van der Waals surface area contributed by atoms with E-state index in [0.717, 1.165) is 9.80 Å². The van der Waals surface area contributed by atoms with Gasteiger partial charge in [-0.05, 0) is 19.3 Å². The van der Waals surface area contributed by atoms with E-state index in [1.54, 1.807) is 0 Å². The monoisotopic (exact) mass is 776 g/mol. The van der Waals surface area contributed by atoms with Crippen molar-refractivity contribution in [2.24, 2.45) is 0 Å². The molecule has 0 heterocycles. The number of carboxylic acid groups (broad SMARTS) is 5. The van der Waals surface area contributed by atoms with Gasteiger partial charge in [-0.25, -0.2) is 4.79 Å². The van der Waals surface area contributed by atoms with Crippen LogP contribution in [0.4, 0.5) is 0 Å². The SMILES string of the molecule is COCCOC(=O)CCC(=O)NCCCC[C@H](NC(=O)CN(CCN(CC(=O)O)CC(=O)O)CCN(CC(=O)O)CC(=O)O)C(=O)O.[Tc]. The molecule has 0 aliphatic carbocycles. The summed E-state index contributed by atoms with van der Waals surface area (Å²) in [5.41, 5.74) is 0. The summed E-state index contributed by atoms with van der Waals surface area (Å²) in [5.74, 6) is -8.23. The average Bonchev–Trinajstić information content (AvgIpc) is 2.95. The third-order valence-electron chi connectivity index (χ3n) is 6.25. The standard InChI is InChI=1S/C27H45N5O15.Tc/c1-46-12-13-47-26(43)6-5-20(33)28-7-3-2-4-19(27(44)45)29-21(34)14-30(8-10-31(15-22(35)36)16-23(37)38)9-11-32(17-24(39)40)18-25(41)42;/h19H,2-18H2,1H3,(H,28,33)(H,29,34)(H,35,36)(H,37,38)(H,39,40)(H,41,42)(H,44,45);/t19-;/m0./s1. The first kappa shape index (κ1) is 46.4. The van der Waals surface area contributed by atoms with Crippen LogP contribution in [0.1, 0.15) is 32.1 Å². The number of hydrogen-bond donors (Lipinski definition) is 7. The zero-order chi connectivity index (χ0) is 35.8. The van der Waals surface area contributed by atoms with Gasteiger partial charge in [0.25, 0.3) is 0 Å². The number of ether oxygens (including phenoxy) is 2. The van der Waals surface area contributed by atoms with Crippen molar-refractivity contribution in [2.75, 3.05) is 85.8 Å². The molecule has 21 heteroatoms. The number of carbonyl (C=O) groups excluding carboxylic acids is 3. The summed E-state index contributed by atoms with van der Waals surface area (Å²) in [5, 5.41) is 50.9. The molecule has 275 valence electrons. The maximum Gasteiger partial charge on any atom is 0.326 e. The Morgan fingerprint density at radius 2 is 1.10 bits per heavy atom. The number of methoxy groups -OCH3 is 1. The van der Waals surface area contributed by atoms with Crippen molar-refractivity contribution >= 4 is 47.6 Å². The van der Waals surface area contributed by atoms with Gasteiger partial charge in [-0.1, -0.05) is 0 Å². The molecule has 0 rings (SSSR count). The number of rotatable bonds is 29. The largest absolute Gasteiger partial charge is 0.480 e. The first-order chi connectivity index (χ1) is 22.1. The van der Waals surface area contributed by atoms with Gasteiger partial charge in [0.2, 0.25) is 11.8 Å². The number of nitrogens with zero attached hydrogens (tertiary/aromatic N) is 3. The fourth-order valence-corrected chi connectivity index (χ4v) is 4.05. The Kier molecular flexibility index (Phi) is 26.3. The zero-order valence-corrected chi connectivity index (χ0v) is 28.5. The average molecular weight is 778 g/mol. The van der Waals surface area contributed by atoms with Crippen LogP contribution in [-0.4, -0.2) is 180 Å². The number of carboxylic acids is 5. The Balaban J connectivity index is 0. The van der Waals surface area contributed by atoms with Crippen molar-refractivity contribution in [3.05, 3.63) is 0 Å². The number of carbonyl (C=O) groups is 8. The van der Waals surface area contributed by atoms with Gasteiger partial charge in [0.1, 0.15) is 12.6 Å². The molecule has 20 nitrogen and oxygen atoms in total. The maximum absolute atomic E-state index is 12.8. The minimum atomic E-state index is -1.33. The molecule has 0 spiro atoms. The van der Waals surface area contributed by atoms with Crippen LogP contribution in [0.25, 0.3) is 0 Å². The second kappa shape index (κ2) is 27.2. The summed E-state index contributed by atoms with van der Waals surface area (Å²) in [6.45, 7) is -2.93. The third-order valence-corrected chi connectivity index (χ3v) is 6.25. The minimum absolute atomic E-state index is 0. The molecule has 0 aromatic heterocycles. The molecule has 1 radical (unpaired) electrons. The summed E-state index contributed by atoms with van der Waals surface area (Å²) in [6, 6.07) is -1.31. The molecule has 7 N–H and O–H groups in total. The van der Waals surface area contributed by atoms with Crippen molar-refractivity contribution < 1.29 is 93.5 Å². The molecule has 0 bridgehead atoms. The molecule has 2 amide bonds. The van der Waals surface area contributed by atoms with Crippen molar-refractivity contribution in [3.8, 4) is 0 Å². The normalized spacial score (nSPS) is 11.4. The predicted molar refractivity (Wildman–Crippen MR) is 158 cm³/mol. The van der Waals surface area contributed by atoms with Gasteiger partial charge in [0, 0.05) is 66.4 Å². The molecule has 48 heavy (non-hydrogen) atoms. The number of aliphatic carboxylic acids is 5. The second-order valence-corrected chi connectivity index (χ2v) is 10.3. The molecule has 0 saturated carbocycles. The molecular weight excluding hydrogens is 732 g/mol. The first-order valence-corrected chi connectivity index (χ1v) is 14.6. The van der Waals surface area contributed by atoms with Crippen LogP contribution in [0.3, 0.4) is 0 Å². The van der Waals surface area contributed by atoms with Gasteiger partial charge in [0.15, 0.2) is 0 Å². The summed E-state index contributed by atoms with van der Waals surface area (Å²) in [4.78, 5) is 96.2. The summed E-state index contributed by atoms with van der Waals surface area (Å²) in [7, 11) is 1.45. The van der Waals surface area contributed by atoms with Crippen LogP contribution >= 0.6 is 0 Å². The van der Waals surface area contributed by atoms with Gasteiger partial charge in [-0.15, -0.1) is 0 Å². The number of amides is 2. The van der Waals surface area contributed by atoms with Gasteiger partial charge in [0.05, 0.1) is 45.8 Å². The topological polar surface area (TPSA) is 290 Å². The van der Waals surface area contributed by atoms with Crippen molar-refractivity contribution in [3.63, 3.8) is 0 Å². The van der Waals surface area contributed by atoms with Gasteiger partial charge in [-0.3, -0.25) is 48.3 Å². The third kappa shape index (κ3) is 26.3. The molecule has 0 aromatic carbocycles. The summed E-state index contributed by atoms with van der Waals surface area (Å²) >= 11 is 0. The minimum Gasteiger partial charge on any atom is -0.480 e. The number of hydrogen-bond acceptors (Lipinski definition) is 13. The van der Waals surface area contributed by atoms with E-state index in [4.69, 9.17) is 29.9 Å². The van der Waals surface area contributed by atoms with Crippen molar-refractivity contribution in [2.45, 2.75) is 38.1 Å². The van der Waals surface area contributed by atoms with Crippen LogP contribution in [0.15, 0.2) is 0 Å². The van der Waals surface area contributed by atoms with E-state index in [1.165, 1.54) is 12.0 Å². The summed E-state index contributed by atoms with van der Waals surface area (Å²) < 4.78 is 9.61. The van der Waals surface area contributed by atoms with E-state index in [0.29, 0.717) is 12.8 Å². The number of nitrogens with one attached hydrogen (secondary N) is 2. The van der Waals surface area contributed by atoms with Crippen LogP contribution in [0.5, 0.6) is 0 Å². The van der Waals surface area contributed by atoms with Crippen LogP contribution in [-0.2, 0) is 67.9 Å². The fourth-order valence-electron chi connectivity index (χ4n) is 4.05. The quantitative estimate of drug-likeness (QED) is 0.0295. The van der Waals surface area contributed by atoms with Crippen LogP contribution in [0, 0.1) is 0 Å². The summed E-state index contributed by atoms with van der Waals surface area (Å²) in [6.07, 6.45) is 0.443. The Morgan fingerprint density at radius 3 is 1.54 bits per heavy atom. The number of unbranched alkanes of at least 4 members (excludes halogenated alkanes) is 1. The molecule has 0 fully saturated rings. The van der Waals surface area contributed by atoms with E-state index in [9.17, 15) is 43.5 Å². The smallest absolute Gasteiger partial charge is 0.326 e. The number of esters is 1. The fraction of sp³-hybridized carbons (Fsp3) is 0.704. The molecule has 0 aromatic rings. The van der Waals surface area contributed by atoms with Gasteiger partial charge < -0.3 is 45.6 Å². The Morgan fingerprint density at radius 1 is 0.625 bits per heavy atom. The molecule has 0 aliphatic rings. The predicted octanol–water partition coefficient (Wildman–Crippen LogP) is -2.95. The Bertz CT molecular complexity index is 993. The molecule has 0 aliphatic heterocycles. The van der Waals surface area contributed by atoms with Gasteiger partial charge >= 0.3 is 35.8 Å². The molecule has 1 atom stereocenters. The van der Waals surface area contributed by atoms with Gasteiger partial charge in [-0.2, -0.15) is 0 Å². The van der Waals surface area contributed by atoms with Crippen molar-refractivity contribution in [1.82, 2.24) is 25.3 Å². The molecular formula is C27H45N5O15Tc. The van der Waals surface area contributed by atoms with E-state index >= 15 is 0 Å². The van der Waals surface area contributed by atoms with E-state index in [-0.39, 0.29) is 85.3 Å². The van der Waals surface area contributed by atoms with E-state index < -0.39 is 86.4 Å². The molecule has 0 saturated heterocycles. The first-order valence-electron chi connectivity index (χ1n) is 14.6. The van der Waals surface area contributed by atoms with E-state index in [2.05, 4.69) is 10.6 Å². The van der Waals surface area contributed by atoms with Crippen LogP contribution in [0.2, 0.25) is 0 Å². The Hall–Kier alpha value is -3.75. The zero-order valence-electron chi connectivity index (χ0n) is 26.6. The second-order valence-electron chi connectivity index (χ2n) is 10.3. The maximum atomic E-state index is 12.8. The Labute approximate surface area is 290 Å².